The van der Waals surface area contributed by atoms with E-state index in [2.05, 4.69) is 5.32 Å². The van der Waals surface area contributed by atoms with Crippen molar-refractivity contribution in [3.8, 4) is 0 Å². The van der Waals surface area contributed by atoms with Crippen LogP contribution in [0.2, 0.25) is 0 Å². The van der Waals surface area contributed by atoms with Gasteiger partial charge in [0.2, 0.25) is 5.91 Å². The molecule has 1 N–H and O–H groups in total. The molecule has 0 saturated carbocycles. The van der Waals surface area contributed by atoms with Crippen molar-refractivity contribution in [1.29, 1.82) is 0 Å². The first-order valence-electron chi connectivity index (χ1n) is 6.04. The van der Waals surface area contributed by atoms with Crippen molar-refractivity contribution in [2.75, 3.05) is 5.75 Å². The lowest BCUT2D eigenvalue weighted by Gasteiger charge is -2.06. The molecule has 2 nitrogen and oxygen atoms in total. The first kappa shape index (κ1) is 14.5. The number of rotatable bonds is 5. The molecule has 2 aromatic carbocycles. The Balaban J connectivity index is 1.82. The Morgan fingerprint density at radius 2 is 1.65 bits per heavy atom. The predicted octanol–water partition coefficient (Wildman–Crippen LogP) is 3.37. The van der Waals surface area contributed by atoms with Crippen molar-refractivity contribution in [2.24, 2.45) is 0 Å². The maximum atomic E-state index is 13.3. The molecule has 0 aromatic heterocycles. The molecule has 0 aliphatic heterocycles. The molecule has 0 spiro atoms. The topological polar surface area (TPSA) is 29.1 Å². The van der Waals surface area contributed by atoms with Crippen LogP contribution in [0.25, 0.3) is 0 Å². The maximum Gasteiger partial charge on any atom is 0.230 e. The molecule has 104 valence electrons. The van der Waals surface area contributed by atoms with Gasteiger partial charge >= 0.3 is 0 Å². The molecule has 0 bridgehead atoms. The molecule has 0 aliphatic carbocycles. The summed E-state index contributed by atoms with van der Waals surface area (Å²) < 4.78 is 26.7. The van der Waals surface area contributed by atoms with E-state index in [1.165, 1.54) is 12.1 Å². The minimum absolute atomic E-state index is 0.0926. The number of nitrogens with one attached hydrogen (secondary N) is 1. The molecule has 1 amide bonds. The summed E-state index contributed by atoms with van der Waals surface area (Å²) in [4.78, 5) is 12.1. The molecule has 2 aromatic rings. The number of hydrogen-bond acceptors (Lipinski definition) is 2. The van der Waals surface area contributed by atoms with Crippen LogP contribution < -0.4 is 5.32 Å². The van der Waals surface area contributed by atoms with Crippen molar-refractivity contribution >= 4 is 17.7 Å². The zero-order chi connectivity index (χ0) is 14.4. The molecular weight excluding hydrogens is 280 g/mol. The largest absolute Gasteiger partial charge is 0.351 e. The first-order chi connectivity index (χ1) is 9.66. The number of hydrogen-bond donors (Lipinski definition) is 1. The van der Waals surface area contributed by atoms with Gasteiger partial charge in [-0.05, 0) is 18.2 Å². The van der Waals surface area contributed by atoms with Gasteiger partial charge in [-0.2, -0.15) is 0 Å². The standard InChI is InChI=1S/C15H13F2NOS/c16-12-6-2-1-5-11(12)9-18-15(19)10-20-14-8-4-3-7-13(14)17/h1-8H,9-10H2,(H,18,19). The quantitative estimate of drug-likeness (QED) is 0.856. The van der Waals surface area contributed by atoms with Crippen molar-refractivity contribution in [3.63, 3.8) is 0 Å². The summed E-state index contributed by atoms with van der Waals surface area (Å²) in [5, 5.41) is 2.61. The second-order valence-corrected chi connectivity index (χ2v) is 5.10. The molecule has 0 saturated heterocycles. The summed E-state index contributed by atoms with van der Waals surface area (Å²) in [6, 6.07) is 12.5. The molecule has 0 atom stereocenters. The summed E-state index contributed by atoms with van der Waals surface area (Å²) in [7, 11) is 0. The maximum absolute atomic E-state index is 13.3. The van der Waals surface area contributed by atoms with E-state index in [0.29, 0.717) is 10.5 Å². The molecule has 20 heavy (non-hydrogen) atoms. The van der Waals surface area contributed by atoms with Gasteiger partial charge in [-0.3, -0.25) is 4.79 Å². The highest BCUT2D eigenvalue weighted by Crippen LogP contribution is 2.20. The van der Waals surface area contributed by atoms with E-state index in [4.69, 9.17) is 0 Å². The van der Waals surface area contributed by atoms with Crippen LogP contribution in [0, 0.1) is 11.6 Å². The van der Waals surface area contributed by atoms with Crippen molar-refractivity contribution in [1.82, 2.24) is 5.32 Å². The number of halogens is 2. The Hall–Kier alpha value is -1.88. The molecule has 0 aliphatic rings. The van der Waals surface area contributed by atoms with Gasteiger partial charge in [0.05, 0.1) is 5.75 Å². The number of carbonyl (C=O) groups is 1. The minimum Gasteiger partial charge on any atom is -0.351 e. The minimum atomic E-state index is -0.352. The highest BCUT2D eigenvalue weighted by atomic mass is 32.2. The molecule has 0 radical (unpaired) electrons. The summed E-state index contributed by atoms with van der Waals surface area (Å²) in [6.45, 7) is 0.128. The third-order valence-corrected chi connectivity index (χ3v) is 3.68. The normalized spacial score (nSPS) is 10.3. The highest BCUT2D eigenvalue weighted by molar-refractivity contribution is 8.00. The molecule has 0 fully saturated rings. The zero-order valence-corrected chi connectivity index (χ0v) is 11.4. The van der Waals surface area contributed by atoms with Crippen LogP contribution in [-0.2, 0) is 11.3 Å². The van der Waals surface area contributed by atoms with Crippen LogP contribution in [0.15, 0.2) is 53.4 Å². The van der Waals surface area contributed by atoms with Gasteiger partial charge in [-0.25, -0.2) is 8.78 Å². The lowest BCUT2D eigenvalue weighted by Crippen LogP contribution is -2.25. The summed E-state index contributed by atoms with van der Waals surface area (Å²) in [5.74, 6) is -0.870. The fourth-order valence-electron chi connectivity index (χ4n) is 1.59. The van der Waals surface area contributed by atoms with E-state index in [0.717, 1.165) is 11.8 Å². The van der Waals surface area contributed by atoms with Gasteiger partial charge < -0.3 is 5.32 Å². The van der Waals surface area contributed by atoms with Crippen LogP contribution in [0.5, 0.6) is 0 Å². The van der Waals surface area contributed by atoms with Crippen LogP contribution in [0.3, 0.4) is 0 Å². The Morgan fingerprint density at radius 1 is 1.00 bits per heavy atom. The average molecular weight is 293 g/mol. The Bertz CT molecular complexity index is 552. The number of benzene rings is 2. The lowest BCUT2D eigenvalue weighted by molar-refractivity contribution is -0.118. The van der Waals surface area contributed by atoms with Gasteiger partial charge in [0.25, 0.3) is 0 Å². The van der Waals surface area contributed by atoms with E-state index in [-0.39, 0.29) is 29.8 Å². The SMILES string of the molecule is O=C(CSc1ccccc1F)NCc1ccccc1F. The van der Waals surface area contributed by atoms with Crippen LogP contribution in [-0.4, -0.2) is 11.7 Å². The van der Waals surface area contributed by atoms with Crippen LogP contribution in [0.4, 0.5) is 8.78 Å². The average Bonchev–Trinajstić information content (AvgIpc) is 2.45. The van der Waals surface area contributed by atoms with E-state index < -0.39 is 0 Å². The van der Waals surface area contributed by atoms with Gasteiger partial charge in [0, 0.05) is 17.0 Å². The lowest BCUT2D eigenvalue weighted by atomic mass is 10.2. The van der Waals surface area contributed by atoms with Crippen molar-refractivity contribution < 1.29 is 13.6 Å². The number of carbonyl (C=O) groups excluding carboxylic acids is 1. The highest BCUT2D eigenvalue weighted by Gasteiger charge is 2.07. The molecule has 0 heterocycles. The fraction of sp³-hybridized carbons (Fsp3) is 0.133. The summed E-state index contributed by atoms with van der Waals surface area (Å²) in [6.07, 6.45) is 0. The van der Waals surface area contributed by atoms with Crippen LogP contribution in [0.1, 0.15) is 5.56 Å². The Labute approximate surface area is 120 Å². The first-order valence-corrected chi connectivity index (χ1v) is 7.03. The smallest absolute Gasteiger partial charge is 0.230 e. The van der Waals surface area contributed by atoms with Crippen molar-refractivity contribution in [2.45, 2.75) is 11.4 Å². The van der Waals surface area contributed by atoms with E-state index in [9.17, 15) is 13.6 Å². The Morgan fingerprint density at radius 3 is 2.35 bits per heavy atom. The Kier molecular flexibility index (Phi) is 5.12. The molecular formula is C15H13F2NOS. The molecule has 2 rings (SSSR count). The number of thioether (sulfide) groups is 1. The summed E-state index contributed by atoms with van der Waals surface area (Å²) in [5.41, 5.74) is 0.428. The zero-order valence-electron chi connectivity index (χ0n) is 10.6. The van der Waals surface area contributed by atoms with E-state index in [1.807, 2.05) is 0 Å². The van der Waals surface area contributed by atoms with Gasteiger partial charge in [0.15, 0.2) is 0 Å². The molecule has 0 unspecified atom stereocenters. The van der Waals surface area contributed by atoms with Gasteiger partial charge in [0.1, 0.15) is 11.6 Å². The van der Waals surface area contributed by atoms with E-state index in [1.54, 1.807) is 36.4 Å². The van der Waals surface area contributed by atoms with Gasteiger partial charge in [-0.1, -0.05) is 30.3 Å². The number of amides is 1. The third-order valence-electron chi connectivity index (χ3n) is 2.63. The third kappa shape index (κ3) is 4.06. The second-order valence-electron chi connectivity index (χ2n) is 4.09. The monoisotopic (exact) mass is 293 g/mol. The molecule has 5 heteroatoms. The summed E-state index contributed by atoms with van der Waals surface area (Å²) >= 11 is 1.11. The van der Waals surface area contributed by atoms with Crippen molar-refractivity contribution in [3.05, 3.63) is 65.7 Å². The predicted molar refractivity (Wildman–Crippen MR) is 75.4 cm³/mol. The fourth-order valence-corrected chi connectivity index (χ4v) is 2.36. The van der Waals surface area contributed by atoms with Gasteiger partial charge in [-0.15, -0.1) is 11.8 Å². The van der Waals surface area contributed by atoms with Crippen LogP contribution >= 0.6 is 11.8 Å². The second kappa shape index (κ2) is 7.05. The van der Waals surface area contributed by atoms with E-state index >= 15 is 0 Å².